The van der Waals surface area contributed by atoms with Gasteiger partial charge in [0.25, 0.3) is 0 Å². The lowest BCUT2D eigenvalue weighted by molar-refractivity contribution is 0.251. The molecule has 1 aromatic heterocycles. The lowest BCUT2D eigenvalue weighted by Crippen LogP contribution is -2.33. The van der Waals surface area contributed by atoms with Crippen molar-refractivity contribution in [2.45, 2.75) is 11.4 Å². The van der Waals surface area contributed by atoms with Gasteiger partial charge in [-0.05, 0) is 17.7 Å². The highest BCUT2D eigenvalue weighted by atomic mass is 35.5. The van der Waals surface area contributed by atoms with Crippen LogP contribution in [0, 0.1) is 0 Å². The topological polar surface area (TPSA) is 70.5 Å². The zero-order valence-corrected chi connectivity index (χ0v) is 12.8. The number of aromatic nitrogens is 1. The summed E-state index contributed by atoms with van der Waals surface area (Å²) in [4.78, 5) is 3.84. The Bertz CT molecular complexity index is 675. The lowest BCUT2D eigenvalue weighted by atomic mass is 10.2. The first-order valence-corrected chi connectivity index (χ1v) is 8.12. The van der Waals surface area contributed by atoms with Crippen LogP contribution in [0.4, 0.5) is 0 Å². The van der Waals surface area contributed by atoms with Crippen LogP contribution < -0.4 is 0 Å². The third-order valence-electron chi connectivity index (χ3n) is 2.89. The summed E-state index contributed by atoms with van der Waals surface area (Å²) in [5.41, 5.74) is 0.844. The van der Waals surface area contributed by atoms with Gasteiger partial charge in [-0.15, -0.1) is 0 Å². The maximum Gasteiger partial charge on any atom is 0.244 e. The maximum atomic E-state index is 12.6. The van der Waals surface area contributed by atoms with Crippen molar-refractivity contribution in [2.24, 2.45) is 0 Å². The number of sulfonamides is 1. The monoisotopic (exact) mass is 326 g/mol. The summed E-state index contributed by atoms with van der Waals surface area (Å²) in [6.07, 6.45) is 1.22. The third-order valence-corrected chi connectivity index (χ3v) is 4.94. The molecule has 0 unspecified atom stereocenters. The first kappa shape index (κ1) is 15.9. The number of aliphatic hydroxyl groups excluding tert-OH is 1. The Morgan fingerprint density at radius 3 is 2.43 bits per heavy atom. The molecule has 0 aliphatic heterocycles. The molecule has 7 heteroatoms. The molecule has 1 aromatic carbocycles. The van der Waals surface area contributed by atoms with Crippen LogP contribution >= 0.6 is 11.6 Å². The quantitative estimate of drug-likeness (QED) is 0.823. The van der Waals surface area contributed by atoms with E-state index in [1.165, 1.54) is 22.6 Å². The molecule has 0 bridgehead atoms. The third kappa shape index (κ3) is 4.01. The summed E-state index contributed by atoms with van der Waals surface area (Å²) in [7, 11) is -3.73. The van der Waals surface area contributed by atoms with Crippen molar-refractivity contribution in [3.8, 4) is 0 Å². The second-order valence-electron chi connectivity index (χ2n) is 4.36. The lowest BCUT2D eigenvalue weighted by Gasteiger charge is -2.21. The largest absolute Gasteiger partial charge is 0.395 e. The smallest absolute Gasteiger partial charge is 0.244 e. The van der Waals surface area contributed by atoms with E-state index in [0.717, 1.165) is 5.56 Å². The van der Waals surface area contributed by atoms with Crippen LogP contribution in [0.25, 0.3) is 0 Å². The number of hydrogen-bond acceptors (Lipinski definition) is 4. The SMILES string of the molecule is O=S(=O)(c1ccc(Cl)nc1)N(CCO)Cc1ccccc1. The molecule has 0 spiro atoms. The number of halogens is 1. The van der Waals surface area contributed by atoms with Gasteiger partial charge in [0.15, 0.2) is 0 Å². The minimum atomic E-state index is -3.73. The minimum Gasteiger partial charge on any atom is -0.395 e. The standard InChI is InChI=1S/C14H15ClN2O3S/c15-14-7-6-13(10-16-14)21(19,20)17(8-9-18)11-12-4-2-1-3-5-12/h1-7,10,18H,8-9,11H2. The molecule has 0 saturated carbocycles. The molecule has 112 valence electrons. The molecule has 0 aliphatic carbocycles. The molecule has 1 heterocycles. The summed E-state index contributed by atoms with van der Waals surface area (Å²) in [6, 6.07) is 12.0. The second kappa shape index (κ2) is 7.00. The highest BCUT2D eigenvalue weighted by Gasteiger charge is 2.24. The Morgan fingerprint density at radius 1 is 1.14 bits per heavy atom. The molecule has 0 radical (unpaired) electrons. The molecule has 0 fully saturated rings. The molecule has 5 nitrogen and oxygen atoms in total. The fourth-order valence-electron chi connectivity index (χ4n) is 1.85. The molecule has 2 aromatic rings. The molecule has 0 aliphatic rings. The van der Waals surface area contributed by atoms with Crippen LogP contribution in [0.15, 0.2) is 53.6 Å². The highest BCUT2D eigenvalue weighted by Crippen LogP contribution is 2.18. The predicted octanol–water partition coefficient (Wildman–Crippen LogP) is 1.92. The van der Waals surface area contributed by atoms with Crippen LogP contribution in [0.3, 0.4) is 0 Å². The first-order chi connectivity index (χ1) is 10.0. The Hall–Kier alpha value is -1.47. The Morgan fingerprint density at radius 2 is 1.86 bits per heavy atom. The van der Waals surface area contributed by atoms with Crippen LogP contribution in [0.2, 0.25) is 5.15 Å². The molecule has 2 rings (SSSR count). The average molecular weight is 327 g/mol. The van der Waals surface area contributed by atoms with Crippen LogP contribution in [-0.4, -0.2) is 36.0 Å². The molecular formula is C14H15ClN2O3S. The van der Waals surface area contributed by atoms with E-state index in [1.54, 1.807) is 0 Å². The van der Waals surface area contributed by atoms with Crippen molar-refractivity contribution in [1.82, 2.24) is 9.29 Å². The van der Waals surface area contributed by atoms with Crippen molar-refractivity contribution in [3.63, 3.8) is 0 Å². The Kier molecular flexibility index (Phi) is 5.30. The number of pyridine rings is 1. The normalized spacial score (nSPS) is 11.8. The highest BCUT2D eigenvalue weighted by molar-refractivity contribution is 7.89. The molecular weight excluding hydrogens is 312 g/mol. The Labute approximate surface area is 128 Å². The van der Waals surface area contributed by atoms with E-state index >= 15 is 0 Å². The van der Waals surface area contributed by atoms with Crippen molar-refractivity contribution in [2.75, 3.05) is 13.2 Å². The van der Waals surface area contributed by atoms with Gasteiger partial charge in [0, 0.05) is 19.3 Å². The summed E-state index contributed by atoms with van der Waals surface area (Å²) < 4.78 is 26.4. The van der Waals surface area contributed by atoms with Gasteiger partial charge in [-0.3, -0.25) is 0 Å². The summed E-state index contributed by atoms with van der Waals surface area (Å²) >= 11 is 5.67. The van der Waals surface area contributed by atoms with Crippen LogP contribution in [0.5, 0.6) is 0 Å². The number of nitrogens with zero attached hydrogens (tertiary/aromatic N) is 2. The van der Waals surface area contributed by atoms with Gasteiger partial charge in [0.1, 0.15) is 10.0 Å². The van der Waals surface area contributed by atoms with Crippen molar-refractivity contribution in [1.29, 1.82) is 0 Å². The van der Waals surface area contributed by atoms with Gasteiger partial charge in [-0.2, -0.15) is 4.31 Å². The summed E-state index contributed by atoms with van der Waals surface area (Å²) in [6.45, 7) is -0.0563. The van der Waals surface area contributed by atoms with Crippen molar-refractivity contribution < 1.29 is 13.5 Å². The number of rotatable bonds is 6. The molecule has 0 saturated heterocycles. The van der Waals surface area contributed by atoms with E-state index in [4.69, 9.17) is 16.7 Å². The van der Waals surface area contributed by atoms with E-state index in [2.05, 4.69) is 4.98 Å². The van der Waals surface area contributed by atoms with E-state index in [-0.39, 0.29) is 29.7 Å². The van der Waals surface area contributed by atoms with Gasteiger partial charge in [0.2, 0.25) is 10.0 Å². The van der Waals surface area contributed by atoms with Crippen molar-refractivity contribution >= 4 is 21.6 Å². The van der Waals surface area contributed by atoms with E-state index < -0.39 is 10.0 Å². The second-order valence-corrected chi connectivity index (χ2v) is 6.69. The van der Waals surface area contributed by atoms with Gasteiger partial charge in [-0.25, -0.2) is 13.4 Å². The minimum absolute atomic E-state index is 0.0137. The van der Waals surface area contributed by atoms with Gasteiger partial charge < -0.3 is 5.11 Å². The fourth-order valence-corrected chi connectivity index (χ4v) is 3.32. The zero-order valence-electron chi connectivity index (χ0n) is 11.2. The summed E-state index contributed by atoms with van der Waals surface area (Å²) in [5, 5.41) is 9.35. The van der Waals surface area contributed by atoms with E-state index in [9.17, 15) is 8.42 Å². The Balaban J connectivity index is 2.30. The molecule has 21 heavy (non-hydrogen) atoms. The summed E-state index contributed by atoms with van der Waals surface area (Å²) in [5.74, 6) is 0. The van der Waals surface area contributed by atoms with Gasteiger partial charge in [-0.1, -0.05) is 41.9 Å². The zero-order chi connectivity index (χ0) is 15.3. The van der Waals surface area contributed by atoms with Gasteiger partial charge >= 0.3 is 0 Å². The molecule has 0 atom stereocenters. The molecule has 0 amide bonds. The first-order valence-electron chi connectivity index (χ1n) is 6.30. The maximum absolute atomic E-state index is 12.6. The predicted molar refractivity (Wildman–Crippen MR) is 80.4 cm³/mol. The van der Waals surface area contributed by atoms with Crippen LogP contribution in [-0.2, 0) is 16.6 Å². The van der Waals surface area contributed by atoms with E-state index in [0.29, 0.717) is 0 Å². The van der Waals surface area contributed by atoms with Crippen molar-refractivity contribution in [3.05, 3.63) is 59.4 Å². The average Bonchev–Trinajstić information content (AvgIpc) is 2.48. The van der Waals surface area contributed by atoms with Gasteiger partial charge in [0.05, 0.1) is 6.61 Å². The van der Waals surface area contributed by atoms with Crippen LogP contribution in [0.1, 0.15) is 5.56 Å². The number of hydrogen-bond donors (Lipinski definition) is 1. The molecule has 1 N–H and O–H groups in total. The fraction of sp³-hybridized carbons (Fsp3) is 0.214. The number of aliphatic hydroxyl groups is 1. The van der Waals surface area contributed by atoms with E-state index in [1.807, 2.05) is 30.3 Å². The number of benzene rings is 1.